The van der Waals surface area contributed by atoms with Crippen molar-refractivity contribution < 1.29 is 0 Å². The predicted octanol–water partition coefficient (Wildman–Crippen LogP) is 4.82. The average Bonchev–Trinajstić information content (AvgIpc) is 2.65. The zero-order chi connectivity index (χ0) is 15.6. The van der Waals surface area contributed by atoms with Gasteiger partial charge in [-0.05, 0) is 39.9 Å². The lowest BCUT2D eigenvalue weighted by Crippen LogP contribution is -2.55. The van der Waals surface area contributed by atoms with Gasteiger partial charge in [0.15, 0.2) is 0 Å². The van der Waals surface area contributed by atoms with Gasteiger partial charge in [-0.2, -0.15) is 0 Å². The molecule has 1 heterocycles. The van der Waals surface area contributed by atoms with Crippen molar-refractivity contribution >= 4 is 6.08 Å². The van der Waals surface area contributed by atoms with Gasteiger partial charge in [-0.3, -0.25) is 0 Å². The molecule has 1 aliphatic carbocycles. The van der Waals surface area contributed by atoms with E-state index in [1.807, 2.05) is 0 Å². The van der Waals surface area contributed by atoms with Gasteiger partial charge in [-0.25, -0.2) is 0 Å². The average molecular weight is 289 g/mol. The second-order valence-corrected chi connectivity index (χ2v) is 7.61. The van der Waals surface area contributed by atoms with Gasteiger partial charge >= 0.3 is 0 Å². The SMILES string of the molecule is CC1(C)c2ccccc2C2(NC=Cc3ccccc32)C1(C)C. The van der Waals surface area contributed by atoms with E-state index in [0.29, 0.717) is 0 Å². The minimum absolute atomic E-state index is 0.0462. The number of benzene rings is 2. The minimum Gasteiger partial charge on any atom is -0.377 e. The molecule has 2 aromatic rings. The lowest BCUT2D eigenvalue weighted by Gasteiger charge is -2.50. The molecular formula is C21H23N. The van der Waals surface area contributed by atoms with E-state index in [2.05, 4.69) is 93.8 Å². The molecule has 112 valence electrons. The number of hydrogen-bond donors (Lipinski definition) is 1. The Balaban J connectivity index is 2.13. The van der Waals surface area contributed by atoms with Crippen molar-refractivity contribution in [1.82, 2.24) is 5.32 Å². The highest BCUT2D eigenvalue weighted by atomic mass is 15.0. The standard InChI is InChI=1S/C21H23N/c1-19(2)17-11-7-8-12-18(17)21(20(19,3)4)16-10-6-5-9-15(16)13-14-22-21/h5-14,22H,1-4H3. The third-order valence-corrected chi connectivity index (χ3v) is 6.43. The summed E-state index contributed by atoms with van der Waals surface area (Å²) in [6.45, 7) is 9.55. The third-order valence-electron chi connectivity index (χ3n) is 6.43. The first-order valence-corrected chi connectivity index (χ1v) is 8.07. The molecule has 2 aliphatic rings. The van der Waals surface area contributed by atoms with E-state index >= 15 is 0 Å². The fourth-order valence-corrected chi connectivity index (χ4v) is 4.56. The molecule has 0 bridgehead atoms. The second kappa shape index (κ2) is 4.04. The summed E-state index contributed by atoms with van der Waals surface area (Å²) in [5.41, 5.74) is 5.56. The first-order chi connectivity index (χ1) is 10.4. The highest BCUT2D eigenvalue weighted by molar-refractivity contribution is 5.66. The van der Waals surface area contributed by atoms with Crippen LogP contribution in [0.1, 0.15) is 49.9 Å². The Hall–Kier alpha value is -2.02. The maximum absolute atomic E-state index is 3.77. The molecule has 2 aromatic carbocycles. The van der Waals surface area contributed by atoms with Crippen LogP contribution in [0.25, 0.3) is 6.08 Å². The van der Waals surface area contributed by atoms with E-state index in [4.69, 9.17) is 0 Å². The molecule has 1 heteroatoms. The van der Waals surface area contributed by atoms with E-state index in [-0.39, 0.29) is 16.4 Å². The molecule has 0 radical (unpaired) electrons. The predicted molar refractivity (Wildman–Crippen MR) is 92.6 cm³/mol. The Bertz CT molecular complexity index is 782. The van der Waals surface area contributed by atoms with E-state index in [1.165, 1.54) is 22.3 Å². The minimum atomic E-state index is -0.168. The van der Waals surface area contributed by atoms with Crippen LogP contribution in [0.2, 0.25) is 0 Å². The zero-order valence-corrected chi connectivity index (χ0v) is 13.8. The molecule has 1 aliphatic heterocycles. The summed E-state index contributed by atoms with van der Waals surface area (Å²) in [6, 6.07) is 17.7. The van der Waals surface area contributed by atoms with Crippen LogP contribution in [-0.2, 0) is 11.0 Å². The smallest absolute Gasteiger partial charge is 0.0943 e. The van der Waals surface area contributed by atoms with Crippen molar-refractivity contribution in [3.05, 3.63) is 77.0 Å². The van der Waals surface area contributed by atoms with Crippen molar-refractivity contribution in [3.8, 4) is 0 Å². The van der Waals surface area contributed by atoms with Crippen molar-refractivity contribution in [3.63, 3.8) is 0 Å². The summed E-state index contributed by atoms with van der Waals surface area (Å²) >= 11 is 0. The fourth-order valence-electron chi connectivity index (χ4n) is 4.56. The summed E-state index contributed by atoms with van der Waals surface area (Å²) in [7, 11) is 0. The molecule has 0 fully saturated rings. The Kier molecular flexibility index (Phi) is 2.50. The molecule has 1 atom stereocenters. The van der Waals surface area contributed by atoms with Crippen molar-refractivity contribution in [2.75, 3.05) is 0 Å². The van der Waals surface area contributed by atoms with E-state index in [9.17, 15) is 0 Å². The Morgan fingerprint density at radius 2 is 1.32 bits per heavy atom. The molecule has 1 unspecified atom stereocenters. The zero-order valence-electron chi connectivity index (χ0n) is 13.8. The number of hydrogen-bond acceptors (Lipinski definition) is 1. The van der Waals surface area contributed by atoms with Crippen LogP contribution in [0.3, 0.4) is 0 Å². The van der Waals surface area contributed by atoms with Gasteiger partial charge in [0.05, 0.1) is 5.54 Å². The van der Waals surface area contributed by atoms with Crippen LogP contribution in [0.5, 0.6) is 0 Å². The fraction of sp³-hybridized carbons (Fsp3) is 0.333. The Labute approximate surface area is 133 Å². The Morgan fingerprint density at radius 1 is 0.727 bits per heavy atom. The quantitative estimate of drug-likeness (QED) is 0.733. The monoisotopic (exact) mass is 289 g/mol. The summed E-state index contributed by atoms with van der Waals surface area (Å²) in [5.74, 6) is 0. The summed E-state index contributed by atoms with van der Waals surface area (Å²) in [4.78, 5) is 0. The largest absolute Gasteiger partial charge is 0.377 e. The number of nitrogens with one attached hydrogen (secondary N) is 1. The molecule has 22 heavy (non-hydrogen) atoms. The van der Waals surface area contributed by atoms with Crippen LogP contribution in [0.15, 0.2) is 54.7 Å². The lowest BCUT2D eigenvalue weighted by atomic mass is 9.58. The van der Waals surface area contributed by atoms with Gasteiger partial charge < -0.3 is 5.32 Å². The molecule has 1 spiro atoms. The maximum Gasteiger partial charge on any atom is 0.0943 e. The van der Waals surface area contributed by atoms with E-state index in [1.54, 1.807) is 0 Å². The van der Waals surface area contributed by atoms with Crippen molar-refractivity contribution in [2.24, 2.45) is 5.41 Å². The molecule has 1 N–H and O–H groups in total. The number of fused-ring (bicyclic) bond motifs is 4. The Morgan fingerprint density at radius 3 is 2.05 bits per heavy atom. The van der Waals surface area contributed by atoms with Gasteiger partial charge in [0.25, 0.3) is 0 Å². The normalized spacial score (nSPS) is 26.4. The number of rotatable bonds is 0. The summed E-state index contributed by atoms with van der Waals surface area (Å²) in [5, 5.41) is 3.77. The van der Waals surface area contributed by atoms with Crippen LogP contribution in [-0.4, -0.2) is 0 Å². The molecule has 4 rings (SSSR count). The first kappa shape index (κ1) is 13.6. The van der Waals surface area contributed by atoms with Crippen LogP contribution >= 0.6 is 0 Å². The summed E-state index contributed by atoms with van der Waals surface area (Å²) in [6.07, 6.45) is 4.31. The topological polar surface area (TPSA) is 12.0 Å². The molecule has 0 saturated carbocycles. The van der Waals surface area contributed by atoms with Gasteiger partial charge in [-0.1, -0.05) is 76.2 Å². The van der Waals surface area contributed by atoms with Crippen molar-refractivity contribution in [1.29, 1.82) is 0 Å². The maximum atomic E-state index is 3.77. The summed E-state index contributed by atoms with van der Waals surface area (Å²) < 4.78 is 0. The van der Waals surface area contributed by atoms with Crippen molar-refractivity contribution in [2.45, 2.75) is 38.6 Å². The van der Waals surface area contributed by atoms with E-state index < -0.39 is 0 Å². The molecule has 0 aromatic heterocycles. The highest BCUT2D eigenvalue weighted by Gasteiger charge is 2.62. The van der Waals surface area contributed by atoms with Gasteiger partial charge in [0.1, 0.15) is 0 Å². The van der Waals surface area contributed by atoms with Crippen LogP contribution in [0, 0.1) is 5.41 Å². The van der Waals surface area contributed by atoms with E-state index in [0.717, 1.165) is 0 Å². The molecular weight excluding hydrogens is 266 g/mol. The molecule has 0 amide bonds. The van der Waals surface area contributed by atoms with Crippen LogP contribution in [0.4, 0.5) is 0 Å². The van der Waals surface area contributed by atoms with Gasteiger partial charge in [0.2, 0.25) is 0 Å². The lowest BCUT2D eigenvalue weighted by molar-refractivity contribution is 0.110. The first-order valence-electron chi connectivity index (χ1n) is 8.07. The second-order valence-electron chi connectivity index (χ2n) is 7.61. The molecule has 0 saturated heterocycles. The van der Waals surface area contributed by atoms with Gasteiger partial charge in [0, 0.05) is 5.41 Å². The highest BCUT2D eigenvalue weighted by Crippen LogP contribution is 2.63. The third kappa shape index (κ3) is 1.31. The molecule has 1 nitrogen and oxygen atoms in total. The van der Waals surface area contributed by atoms with Crippen LogP contribution < -0.4 is 5.32 Å². The van der Waals surface area contributed by atoms with Gasteiger partial charge in [-0.15, -0.1) is 0 Å².